The van der Waals surface area contributed by atoms with Crippen molar-refractivity contribution >= 4 is 57.0 Å². The summed E-state index contributed by atoms with van der Waals surface area (Å²) >= 11 is 12.0. The van der Waals surface area contributed by atoms with Crippen LogP contribution < -0.4 is 10.3 Å². The van der Waals surface area contributed by atoms with Crippen LogP contribution in [0.4, 0.5) is 22.9 Å². The average Bonchev–Trinajstić information content (AvgIpc) is 2.73. The number of aromatic nitrogens is 2. The molecule has 0 aliphatic carbocycles. The van der Waals surface area contributed by atoms with Gasteiger partial charge in [-0.25, -0.2) is 15.0 Å². The molecule has 0 spiro atoms. The molecule has 3 aromatic carbocycles. The number of hydrogen-bond donors (Lipinski definition) is 1. The fourth-order valence-electron chi connectivity index (χ4n) is 2.74. The molecular formula is C21H16Cl2N6. The highest BCUT2D eigenvalue weighted by molar-refractivity contribution is 6.31. The first-order valence-corrected chi connectivity index (χ1v) is 9.52. The van der Waals surface area contributed by atoms with E-state index in [0.717, 1.165) is 22.3 Å². The van der Waals surface area contributed by atoms with E-state index in [-0.39, 0.29) is 0 Å². The van der Waals surface area contributed by atoms with Crippen LogP contribution in [0.25, 0.3) is 10.9 Å². The van der Waals surface area contributed by atoms with E-state index in [9.17, 15) is 0 Å². The third-order valence-electron chi connectivity index (χ3n) is 4.20. The van der Waals surface area contributed by atoms with Crippen molar-refractivity contribution in [3.05, 3.63) is 83.1 Å². The smallest absolute Gasteiger partial charge is 0.141 e. The van der Waals surface area contributed by atoms with Crippen molar-refractivity contribution in [1.82, 2.24) is 9.97 Å². The number of rotatable bonds is 5. The van der Waals surface area contributed by atoms with E-state index in [2.05, 4.69) is 25.6 Å². The van der Waals surface area contributed by atoms with Crippen molar-refractivity contribution in [3.63, 3.8) is 0 Å². The number of benzene rings is 3. The molecule has 0 bridgehead atoms. The zero-order valence-corrected chi connectivity index (χ0v) is 16.9. The molecule has 1 aromatic heterocycles. The number of hydrogen-bond acceptors (Lipinski definition) is 5. The largest absolute Gasteiger partial charge is 0.340 e. The van der Waals surface area contributed by atoms with E-state index in [1.807, 2.05) is 73.8 Å². The lowest BCUT2D eigenvalue weighted by atomic mass is 10.2. The van der Waals surface area contributed by atoms with Gasteiger partial charge < -0.3 is 5.32 Å². The Morgan fingerprint density at radius 1 is 0.897 bits per heavy atom. The number of nitrogens with one attached hydrogen (secondary N) is 1. The summed E-state index contributed by atoms with van der Waals surface area (Å²) in [5.74, 6) is 0.667. The SMILES string of the molecule is CN(N=Nc1ccc2ncnc(Nc3cccc(Cl)c3)c2c1)c1ccc(Cl)cc1. The van der Waals surface area contributed by atoms with Crippen molar-refractivity contribution in [2.75, 3.05) is 17.4 Å². The number of halogens is 2. The van der Waals surface area contributed by atoms with Crippen molar-refractivity contribution < 1.29 is 0 Å². The fourth-order valence-corrected chi connectivity index (χ4v) is 3.05. The first-order chi connectivity index (χ1) is 14.1. The van der Waals surface area contributed by atoms with Crippen molar-refractivity contribution in [2.45, 2.75) is 0 Å². The molecule has 0 aliphatic rings. The van der Waals surface area contributed by atoms with E-state index < -0.39 is 0 Å². The molecule has 144 valence electrons. The maximum atomic E-state index is 6.07. The molecule has 0 atom stereocenters. The Labute approximate surface area is 177 Å². The Balaban J connectivity index is 1.62. The van der Waals surface area contributed by atoms with Gasteiger partial charge in [-0.05, 0) is 60.7 Å². The molecule has 0 fully saturated rings. The fraction of sp³-hybridized carbons (Fsp3) is 0.0476. The van der Waals surface area contributed by atoms with Crippen molar-refractivity contribution in [1.29, 1.82) is 0 Å². The van der Waals surface area contributed by atoms with Gasteiger partial charge in [-0.1, -0.05) is 34.5 Å². The van der Waals surface area contributed by atoms with E-state index in [0.29, 0.717) is 21.6 Å². The monoisotopic (exact) mass is 422 g/mol. The van der Waals surface area contributed by atoms with Gasteiger partial charge in [0.05, 0.1) is 16.9 Å². The van der Waals surface area contributed by atoms with Gasteiger partial charge >= 0.3 is 0 Å². The van der Waals surface area contributed by atoms with Crippen LogP contribution in [0.15, 0.2) is 83.4 Å². The molecule has 8 heteroatoms. The van der Waals surface area contributed by atoms with Crippen LogP contribution in [0.3, 0.4) is 0 Å². The second kappa shape index (κ2) is 8.43. The summed E-state index contributed by atoms with van der Waals surface area (Å²) in [4.78, 5) is 8.68. The molecule has 4 aromatic rings. The summed E-state index contributed by atoms with van der Waals surface area (Å²) in [5, 5.41) is 15.7. The summed E-state index contributed by atoms with van der Waals surface area (Å²) in [6.45, 7) is 0. The zero-order valence-electron chi connectivity index (χ0n) is 15.4. The second-order valence-corrected chi connectivity index (χ2v) is 7.12. The molecule has 0 unspecified atom stereocenters. The van der Waals surface area contributed by atoms with Crippen LogP contribution in [0.2, 0.25) is 10.0 Å². The normalized spacial score (nSPS) is 11.1. The summed E-state index contributed by atoms with van der Waals surface area (Å²) in [7, 11) is 1.82. The molecule has 1 N–H and O–H groups in total. The Hall–Kier alpha value is -3.22. The van der Waals surface area contributed by atoms with Gasteiger partial charge in [-0.2, -0.15) is 0 Å². The van der Waals surface area contributed by atoms with Crippen LogP contribution in [0, 0.1) is 0 Å². The van der Waals surface area contributed by atoms with Crippen LogP contribution in [0.1, 0.15) is 0 Å². The summed E-state index contributed by atoms with van der Waals surface area (Å²) < 4.78 is 0. The predicted molar refractivity (Wildman–Crippen MR) is 119 cm³/mol. The van der Waals surface area contributed by atoms with Crippen LogP contribution in [-0.4, -0.2) is 17.0 Å². The minimum absolute atomic E-state index is 0.646. The molecule has 6 nitrogen and oxygen atoms in total. The maximum absolute atomic E-state index is 6.07. The van der Waals surface area contributed by atoms with Gasteiger partial charge in [0.1, 0.15) is 12.1 Å². The molecule has 0 aliphatic heterocycles. The molecule has 0 radical (unpaired) electrons. The van der Waals surface area contributed by atoms with Crippen molar-refractivity contribution in [2.24, 2.45) is 10.3 Å². The number of anilines is 3. The van der Waals surface area contributed by atoms with E-state index >= 15 is 0 Å². The highest BCUT2D eigenvalue weighted by atomic mass is 35.5. The Morgan fingerprint density at radius 2 is 1.72 bits per heavy atom. The number of nitrogens with zero attached hydrogens (tertiary/aromatic N) is 5. The van der Waals surface area contributed by atoms with Gasteiger partial charge in [0, 0.05) is 28.2 Å². The molecule has 1 heterocycles. The van der Waals surface area contributed by atoms with E-state index in [1.54, 1.807) is 5.01 Å². The predicted octanol–water partition coefficient (Wildman–Crippen LogP) is 6.82. The Kier molecular flexibility index (Phi) is 5.55. The Morgan fingerprint density at radius 3 is 2.52 bits per heavy atom. The Bertz CT molecular complexity index is 1180. The summed E-state index contributed by atoms with van der Waals surface area (Å²) in [6, 6.07) is 20.5. The highest BCUT2D eigenvalue weighted by Crippen LogP contribution is 2.28. The topological polar surface area (TPSA) is 65.8 Å². The molecule has 4 rings (SSSR count). The number of fused-ring (bicyclic) bond motifs is 1. The third-order valence-corrected chi connectivity index (χ3v) is 4.69. The minimum Gasteiger partial charge on any atom is -0.340 e. The highest BCUT2D eigenvalue weighted by Gasteiger charge is 2.06. The van der Waals surface area contributed by atoms with Gasteiger partial charge in [-0.3, -0.25) is 0 Å². The summed E-state index contributed by atoms with van der Waals surface area (Å²) in [5.41, 5.74) is 3.20. The van der Waals surface area contributed by atoms with Crippen molar-refractivity contribution in [3.8, 4) is 0 Å². The minimum atomic E-state index is 0.646. The van der Waals surface area contributed by atoms with E-state index in [4.69, 9.17) is 23.2 Å². The molecule has 29 heavy (non-hydrogen) atoms. The lowest BCUT2D eigenvalue weighted by Gasteiger charge is -2.11. The van der Waals surface area contributed by atoms with Gasteiger partial charge in [-0.15, -0.1) is 5.11 Å². The third kappa shape index (κ3) is 4.62. The van der Waals surface area contributed by atoms with Gasteiger partial charge in [0.15, 0.2) is 0 Å². The first-order valence-electron chi connectivity index (χ1n) is 8.77. The average molecular weight is 423 g/mol. The molecule has 0 saturated carbocycles. The van der Waals surface area contributed by atoms with Gasteiger partial charge in [0.2, 0.25) is 0 Å². The van der Waals surface area contributed by atoms with Crippen LogP contribution >= 0.6 is 23.2 Å². The zero-order chi connectivity index (χ0) is 20.2. The molecule has 0 amide bonds. The second-order valence-electron chi connectivity index (χ2n) is 6.25. The van der Waals surface area contributed by atoms with Gasteiger partial charge in [0.25, 0.3) is 0 Å². The maximum Gasteiger partial charge on any atom is 0.141 e. The first kappa shape index (κ1) is 19.1. The summed E-state index contributed by atoms with van der Waals surface area (Å²) in [6.07, 6.45) is 1.52. The standard InChI is InChI=1S/C21H16Cl2N6/c1-29(18-8-5-14(22)6-9-18)28-27-17-7-10-20-19(12-17)21(25-13-24-20)26-16-4-2-3-15(23)11-16/h2-13H,1H3,(H,24,25,26). The molecular weight excluding hydrogens is 407 g/mol. The molecule has 0 saturated heterocycles. The van der Waals surface area contributed by atoms with Crippen LogP contribution in [0.5, 0.6) is 0 Å². The van der Waals surface area contributed by atoms with E-state index in [1.165, 1.54) is 6.33 Å². The lowest BCUT2D eigenvalue weighted by molar-refractivity contribution is 0.924. The lowest BCUT2D eigenvalue weighted by Crippen LogP contribution is -2.06. The quantitative estimate of drug-likeness (QED) is 0.283. The van der Waals surface area contributed by atoms with Crippen LogP contribution in [-0.2, 0) is 0 Å².